The highest BCUT2D eigenvalue weighted by molar-refractivity contribution is 7.03. The van der Waals surface area contributed by atoms with Crippen LogP contribution < -0.4 is 0 Å². The largest absolute Gasteiger partial charge is 0.385 e. The van der Waals surface area contributed by atoms with Gasteiger partial charge in [0.2, 0.25) is 0 Å². The molecule has 4 heteroatoms. The lowest BCUT2D eigenvalue weighted by Gasteiger charge is -2.30. The molecule has 0 radical (unpaired) electrons. The van der Waals surface area contributed by atoms with Crippen molar-refractivity contribution >= 4 is 17.3 Å². The van der Waals surface area contributed by atoms with Gasteiger partial charge in [-0.15, -0.1) is 0 Å². The first-order valence-electron chi connectivity index (χ1n) is 4.35. The van der Waals surface area contributed by atoms with Crippen LogP contribution in [-0.2, 0) is 10.4 Å². The first-order valence-corrected chi connectivity index (χ1v) is 5.18. The molecular formula is C9H11NO2S. The third-order valence-corrected chi connectivity index (χ3v) is 3.19. The van der Waals surface area contributed by atoms with E-state index in [9.17, 15) is 9.90 Å². The fourth-order valence-electron chi connectivity index (χ4n) is 1.67. The van der Waals surface area contributed by atoms with E-state index in [0.717, 1.165) is 5.56 Å². The smallest absolute Gasteiger partial charge is 0.133 e. The topological polar surface area (TPSA) is 50.2 Å². The molecular weight excluding hydrogens is 186 g/mol. The molecule has 0 aromatic carbocycles. The summed E-state index contributed by atoms with van der Waals surface area (Å²) in [6, 6.07) is 0. The highest BCUT2D eigenvalue weighted by atomic mass is 32.1. The van der Waals surface area contributed by atoms with Gasteiger partial charge in [-0.05, 0) is 24.4 Å². The Kier molecular flexibility index (Phi) is 2.17. The number of Topliss-reactive ketones (excluding diaryl/α,β-unsaturated/α-hetero) is 1. The molecule has 1 N–H and O–H groups in total. The van der Waals surface area contributed by atoms with Gasteiger partial charge in [0.05, 0.1) is 5.60 Å². The summed E-state index contributed by atoms with van der Waals surface area (Å²) in [4.78, 5) is 11.0. The van der Waals surface area contributed by atoms with Crippen LogP contribution in [0.4, 0.5) is 0 Å². The molecule has 1 aromatic rings. The van der Waals surface area contributed by atoms with Gasteiger partial charge in [-0.3, -0.25) is 4.79 Å². The number of nitrogens with zero attached hydrogens (tertiary/aromatic N) is 1. The van der Waals surface area contributed by atoms with Crippen molar-refractivity contribution < 1.29 is 9.90 Å². The standard InChI is InChI=1S/C9H11NO2S/c11-8-1-3-9(12,4-2-8)7-5-10-13-6-7/h5-6,12H,1-4H2. The molecule has 13 heavy (non-hydrogen) atoms. The van der Waals surface area contributed by atoms with Crippen molar-refractivity contribution in [3.63, 3.8) is 0 Å². The molecule has 1 aliphatic carbocycles. The quantitative estimate of drug-likeness (QED) is 0.741. The average Bonchev–Trinajstić information content (AvgIpc) is 2.63. The fourth-order valence-corrected chi connectivity index (χ4v) is 2.29. The molecule has 0 spiro atoms. The van der Waals surface area contributed by atoms with Crippen molar-refractivity contribution in [1.82, 2.24) is 4.37 Å². The Morgan fingerprint density at radius 1 is 1.46 bits per heavy atom. The molecule has 70 valence electrons. The van der Waals surface area contributed by atoms with Crippen LogP contribution in [0.3, 0.4) is 0 Å². The van der Waals surface area contributed by atoms with Crippen molar-refractivity contribution in [3.05, 3.63) is 17.1 Å². The molecule has 2 rings (SSSR count). The Bertz CT molecular complexity index is 297. The number of rotatable bonds is 1. The Morgan fingerprint density at radius 3 is 2.69 bits per heavy atom. The van der Waals surface area contributed by atoms with Gasteiger partial charge in [-0.25, -0.2) is 4.37 Å². The summed E-state index contributed by atoms with van der Waals surface area (Å²) in [6.45, 7) is 0. The molecule has 0 saturated heterocycles. The maximum absolute atomic E-state index is 11.0. The van der Waals surface area contributed by atoms with Crippen molar-refractivity contribution in [2.75, 3.05) is 0 Å². The number of ketones is 1. The third kappa shape index (κ3) is 1.64. The molecule has 1 aromatic heterocycles. The second-order valence-corrected chi connectivity index (χ2v) is 4.14. The van der Waals surface area contributed by atoms with Crippen LogP contribution in [0.25, 0.3) is 0 Å². The summed E-state index contributed by atoms with van der Waals surface area (Å²) in [5.74, 6) is 0.257. The summed E-state index contributed by atoms with van der Waals surface area (Å²) >= 11 is 1.34. The lowest BCUT2D eigenvalue weighted by Crippen LogP contribution is -2.31. The predicted octanol–water partition coefficient (Wildman–Crippen LogP) is 1.47. The Hall–Kier alpha value is -0.740. The molecule has 0 bridgehead atoms. The number of carbonyl (C=O) groups is 1. The van der Waals surface area contributed by atoms with Crippen LogP contribution in [-0.4, -0.2) is 15.3 Å². The van der Waals surface area contributed by atoms with Crippen LogP contribution in [0.1, 0.15) is 31.2 Å². The fraction of sp³-hybridized carbons (Fsp3) is 0.556. The Labute approximate surface area is 80.6 Å². The van der Waals surface area contributed by atoms with Crippen LogP contribution in [0.15, 0.2) is 11.6 Å². The minimum Gasteiger partial charge on any atom is -0.385 e. The first-order chi connectivity index (χ1) is 6.21. The van der Waals surface area contributed by atoms with E-state index in [1.807, 2.05) is 5.38 Å². The van der Waals surface area contributed by atoms with Crippen molar-refractivity contribution in [3.8, 4) is 0 Å². The molecule has 1 aliphatic rings. The molecule has 3 nitrogen and oxygen atoms in total. The SMILES string of the molecule is O=C1CCC(O)(c2cnsc2)CC1. The zero-order chi connectivity index (χ0) is 9.31. The van der Waals surface area contributed by atoms with Crippen LogP contribution in [0.2, 0.25) is 0 Å². The van der Waals surface area contributed by atoms with Gasteiger partial charge in [-0.2, -0.15) is 0 Å². The van der Waals surface area contributed by atoms with E-state index >= 15 is 0 Å². The lowest BCUT2D eigenvalue weighted by atomic mass is 9.81. The number of aliphatic hydroxyl groups is 1. The minimum absolute atomic E-state index is 0.257. The Morgan fingerprint density at radius 2 is 2.15 bits per heavy atom. The molecule has 0 aliphatic heterocycles. The van der Waals surface area contributed by atoms with Gasteiger partial charge in [0.1, 0.15) is 5.78 Å². The summed E-state index contributed by atoms with van der Waals surface area (Å²) in [7, 11) is 0. The molecule has 0 amide bonds. The Balaban J connectivity index is 2.18. The van der Waals surface area contributed by atoms with Gasteiger partial charge in [0, 0.05) is 30.0 Å². The van der Waals surface area contributed by atoms with Gasteiger partial charge in [-0.1, -0.05) is 0 Å². The summed E-state index contributed by atoms with van der Waals surface area (Å²) in [6.07, 6.45) is 3.77. The minimum atomic E-state index is -0.791. The zero-order valence-corrected chi connectivity index (χ0v) is 8.01. The maximum atomic E-state index is 11.0. The third-order valence-electron chi connectivity index (χ3n) is 2.60. The van der Waals surface area contributed by atoms with Crippen LogP contribution in [0, 0.1) is 0 Å². The van der Waals surface area contributed by atoms with Crippen LogP contribution in [0.5, 0.6) is 0 Å². The number of hydrogen-bond acceptors (Lipinski definition) is 4. The maximum Gasteiger partial charge on any atom is 0.133 e. The molecule has 0 atom stereocenters. The average molecular weight is 197 g/mol. The molecule has 1 saturated carbocycles. The van der Waals surface area contributed by atoms with E-state index in [0.29, 0.717) is 25.7 Å². The monoisotopic (exact) mass is 197 g/mol. The summed E-state index contributed by atoms with van der Waals surface area (Å²) < 4.78 is 3.96. The lowest BCUT2D eigenvalue weighted by molar-refractivity contribution is -0.125. The zero-order valence-electron chi connectivity index (χ0n) is 7.19. The molecule has 1 heterocycles. The van der Waals surface area contributed by atoms with E-state index in [1.54, 1.807) is 6.20 Å². The van der Waals surface area contributed by atoms with Gasteiger partial charge < -0.3 is 5.11 Å². The van der Waals surface area contributed by atoms with Crippen LogP contribution >= 0.6 is 11.5 Å². The number of hydrogen-bond donors (Lipinski definition) is 1. The predicted molar refractivity (Wildman–Crippen MR) is 49.5 cm³/mol. The normalized spacial score (nSPS) is 21.8. The molecule has 0 unspecified atom stereocenters. The van der Waals surface area contributed by atoms with E-state index < -0.39 is 5.60 Å². The van der Waals surface area contributed by atoms with E-state index in [-0.39, 0.29) is 5.78 Å². The van der Waals surface area contributed by atoms with E-state index in [4.69, 9.17) is 0 Å². The van der Waals surface area contributed by atoms with Crippen molar-refractivity contribution in [2.24, 2.45) is 0 Å². The summed E-state index contributed by atoms with van der Waals surface area (Å²) in [5.41, 5.74) is 0.0750. The first kappa shape index (κ1) is 8.84. The second-order valence-electron chi connectivity index (χ2n) is 3.48. The van der Waals surface area contributed by atoms with Gasteiger partial charge >= 0.3 is 0 Å². The van der Waals surface area contributed by atoms with Gasteiger partial charge in [0.15, 0.2) is 0 Å². The van der Waals surface area contributed by atoms with Crippen molar-refractivity contribution in [2.45, 2.75) is 31.3 Å². The highest BCUT2D eigenvalue weighted by Gasteiger charge is 2.34. The number of carbonyl (C=O) groups excluding carboxylic acids is 1. The highest BCUT2D eigenvalue weighted by Crippen LogP contribution is 2.35. The van der Waals surface area contributed by atoms with E-state index in [1.165, 1.54) is 11.5 Å². The van der Waals surface area contributed by atoms with Gasteiger partial charge in [0.25, 0.3) is 0 Å². The van der Waals surface area contributed by atoms with E-state index in [2.05, 4.69) is 4.37 Å². The number of aromatic nitrogens is 1. The molecule has 1 fully saturated rings. The second kappa shape index (κ2) is 3.20. The summed E-state index contributed by atoms with van der Waals surface area (Å²) in [5, 5.41) is 12.0. The van der Waals surface area contributed by atoms with Crippen molar-refractivity contribution in [1.29, 1.82) is 0 Å².